The van der Waals surface area contributed by atoms with Crippen LogP contribution in [0.3, 0.4) is 0 Å². The highest BCUT2D eigenvalue weighted by Crippen LogP contribution is 2.50. The van der Waals surface area contributed by atoms with Gasteiger partial charge in [-0.3, -0.25) is 0 Å². The first-order chi connectivity index (χ1) is 18.3. The molecule has 7 aromatic rings. The summed E-state index contributed by atoms with van der Waals surface area (Å²) in [5.74, 6) is 1.82. The Labute approximate surface area is 215 Å². The smallest absolute Gasteiger partial charge is 0.135 e. The molecular weight excluding hydrogens is 448 g/mol. The van der Waals surface area contributed by atoms with E-state index in [4.69, 9.17) is 4.74 Å². The molecular formula is C36H22O. The van der Waals surface area contributed by atoms with Gasteiger partial charge < -0.3 is 4.74 Å². The van der Waals surface area contributed by atoms with Gasteiger partial charge in [0.05, 0.1) is 0 Å². The van der Waals surface area contributed by atoms with Crippen LogP contribution in [0.5, 0.6) is 11.5 Å². The highest BCUT2D eigenvalue weighted by atomic mass is 16.5. The van der Waals surface area contributed by atoms with Gasteiger partial charge in [-0.1, -0.05) is 109 Å². The second-order valence-corrected chi connectivity index (χ2v) is 9.74. The predicted octanol–water partition coefficient (Wildman–Crippen LogP) is 10.3. The number of hydrogen-bond donors (Lipinski definition) is 0. The summed E-state index contributed by atoms with van der Waals surface area (Å²) in [5.41, 5.74) is 7.20. The molecule has 37 heavy (non-hydrogen) atoms. The van der Waals surface area contributed by atoms with Crippen molar-refractivity contribution in [2.75, 3.05) is 0 Å². The van der Waals surface area contributed by atoms with Gasteiger partial charge >= 0.3 is 0 Å². The third kappa shape index (κ3) is 3.11. The maximum absolute atomic E-state index is 6.58. The first kappa shape index (κ1) is 20.3. The summed E-state index contributed by atoms with van der Waals surface area (Å²) < 4.78 is 6.58. The van der Waals surface area contributed by atoms with E-state index in [2.05, 4.69) is 133 Å². The summed E-state index contributed by atoms with van der Waals surface area (Å²) in [6, 6.07) is 47.8. The van der Waals surface area contributed by atoms with Crippen LogP contribution in [0.4, 0.5) is 0 Å². The maximum Gasteiger partial charge on any atom is 0.135 e. The van der Waals surface area contributed by atoms with E-state index in [1.165, 1.54) is 54.6 Å². The van der Waals surface area contributed by atoms with Crippen molar-refractivity contribution in [2.24, 2.45) is 0 Å². The zero-order valence-electron chi connectivity index (χ0n) is 20.1. The average Bonchev–Trinajstić information content (AvgIpc) is 2.96. The lowest BCUT2D eigenvalue weighted by molar-refractivity contribution is 0.487. The van der Waals surface area contributed by atoms with Crippen LogP contribution in [0.25, 0.3) is 65.7 Å². The molecule has 0 aromatic heterocycles. The second kappa shape index (κ2) is 7.81. The van der Waals surface area contributed by atoms with Crippen molar-refractivity contribution in [3.63, 3.8) is 0 Å². The van der Waals surface area contributed by atoms with Gasteiger partial charge in [0.15, 0.2) is 0 Å². The summed E-state index contributed by atoms with van der Waals surface area (Å²) >= 11 is 0. The fourth-order valence-corrected chi connectivity index (χ4v) is 5.87. The van der Waals surface area contributed by atoms with Gasteiger partial charge in [0, 0.05) is 10.9 Å². The van der Waals surface area contributed by atoms with Crippen LogP contribution in [-0.2, 0) is 0 Å². The Bertz CT molecular complexity index is 2010. The Kier molecular flexibility index (Phi) is 4.29. The molecule has 7 aromatic carbocycles. The zero-order valence-corrected chi connectivity index (χ0v) is 20.1. The van der Waals surface area contributed by atoms with E-state index in [-0.39, 0.29) is 0 Å². The number of benzene rings is 7. The van der Waals surface area contributed by atoms with Gasteiger partial charge in [-0.15, -0.1) is 0 Å². The van der Waals surface area contributed by atoms with Crippen LogP contribution in [-0.4, -0.2) is 0 Å². The fraction of sp³-hybridized carbons (Fsp3) is 0. The summed E-state index contributed by atoms with van der Waals surface area (Å²) in [6.07, 6.45) is 0. The van der Waals surface area contributed by atoms with Gasteiger partial charge in [-0.2, -0.15) is 0 Å². The lowest BCUT2D eigenvalue weighted by atomic mass is 9.88. The number of ether oxygens (including phenoxy) is 1. The molecule has 0 unspecified atom stereocenters. The number of rotatable bonds is 2. The molecule has 0 saturated heterocycles. The standard InChI is InChI=1S/C36H22O/c1-2-9-25-21-26(16-15-23(25)7-1)27-17-18-31-33-20-19-30(29-12-5-10-24-8-3-4-11-28(24)29)32-13-6-14-34(36(32)33)37-35(31)22-27/h1-22H. The molecule has 0 fully saturated rings. The number of hydrogen-bond acceptors (Lipinski definition) is 1. The van der Waals surface area contributed by atoms with Crippen LogP contribution in [0.15, 0.2) is 133 Å². The largest absolute Gasteiger partial charge is 0.456 e. The van der Waals surface area contributed by atoms with E-state index in [0.29, 0.717) is 0 Å². The molecule has 0 radical (unpaired) electrons. The predicted molar refractivity (Wildman–Crippen MR) is 155 cm³/mol. The first-order valence-electron chi connectivity index (χ1n) is 12.7. The van der Waals surface area contributed by atoms with Crippen LogP contribution in [0, 0.1) is 0 Å². The molecule has 0 saturated carbocycles. The van der Waals surface area contributed by atoms with Gasteiger partial charge in [0.25, 0.3) is 0 Å². The van der Waals surface area contributed by atoms with Crippen molar-refractivity contribution in [2.45, 2.75) is 0 Å². The molecule has 8 rings (SSSR count). The fourth-order valence-electron chi connectivity index (χ4n) is 5.87. The van der Waals surface area contributed by atoms with Crippen molar-refractivity contribution in [1.29, 1.82) is 0 Å². The number of fused-ring (bicyclic) bond motifs is 4. The Morgan fingerprint density at radius 1 is 0.351 bits per heavy atom. The normalized spacial score (nSPS) is 12.0. The Morgan fingerprint density at radius 3 is 1.95 bits per heavy atom. The van der Waals surface area contributed by atoms with Crippen molar-refractivity contribution in [3.8, 4) is 44.9 Å². The van der Waals surface area contributed by atoms with Crippen molar-refractivity contribution in [1.82, 2.24) is 0 Å². The zero-order chi connectivity index (χ0) is 24.3. The maximum atomic E-state index is 6.58. The Morgan fingerprint density at radius 2 is 1.00 bits per heavy atom. The molecule has 0 aliphatic carbocycles. The molecule has 0 spiro atoms. The van der Waals surface area contributed by atoms with Crippen molar-refractivity contribution in [3.05, 3.63) is 133 Å². The van der Waals surface area contributed by atoms with E-state index in [1.807, 2.05) is 0 Å². The quantitative estimate of drug-likeness (QED) is 0.244. The molecule has 1 heterocycles. The molecule has 1 aliphatic rings. The SMILES string of the molecule is c1ccc2cc(-c3ccc4c(c3)Oc3cccc5c(-c6cccc7ccccc67)ccc-4c35)ccc2c1. The lowest BCUT2D eigenvalue weighted by Crippen LogP contribution is -1.98. The first-order valence-corrected chi connectivity index (χ1v) is 12.7. The van der Waals surface area contributed by atoms with Gasteiger partial charge in [0.1, 0.15) is 11.5 Å². The minimum Gasteiger partial charge on any atom is -0.456 e. The van der Waals surface area contributed by atoms with Crippen LogP contribution in [0.1, 0.15) is 0 Å². The van der Waals surface area contributed by atoms with Gasteiger partial charge in [0.2, 0.25) is 0 Å². The average molecular weight is 471 g/mol. The lowest BCUT2D eigenvalue weighted by Gasteiger charge is -2.23. The molecule has 0 atom stereocenters. The van der Waals surface area contributed by atoms with E-state index in [1.54, 1.807) is 0 Å². The van der Waals surface area contributed by atoms with Crippen molar-refractivity contribution < 1.29 is 4.74 Å². The highest BCUT2D eigenvalue weighted by molar-refractivity contribution is 6.13. The third-order valence-electron chi connectivity index (χ3n) is 7.66. The Balaban J connectivity index is 1.30. The molecule has 1 heteroatoms. The monoisotopic (exact) mass is 470 g/mol. The van der Waals surface area contributed by atoms with Gasteiger partial charge in [-0.05, 0) is 79.0 Å². The molecule has 1 nitrogen and oxygen atoms in total. The van der Waals surface area contributed by atoms with E-state index >= 15 is 0 Å². The van der Waals surface area contributed by atoms with E-state index in [9.17, 15) is 0 Å². The highest BCUT2D eigenvalue weighted by Gasteiger charge is 2.22. The third-order valence-corrected chi connectivity index (χ3v) is 7.66. The molecule has 0 amide bonds. The summed E-state index contributed by atoms with van der Waals surface area (Å²) in [4.78, 5) is 0. The van der Waals surface area contributed by atoms with Crippen LogP contribution >= 0.6 is 0 Å². The van der Waals surface area contributed by atoms with E-state index in [0.717, 1.165) is 22.6 Å². The summed E-state index contributed by atoms with van der Waals surface area (Å²) in [6.45, 7) is 0. The van der Waals surface area contributed by atoms with Crippen molar-refractivity contribution >= 4 is 32.3 Å². The molecule has 1 aliphatic heterocycles. The van der Waals surface area contributed by atoms with Gasteiger partial charge in [-0.25, -0.2) is 0 Å². The summed E-state index contributed by atoms with van der Waals surface area (Å²) in [7, 11) is 0. The van der Waals surface area contributed by atoms with Crippen LogP contribution < -0.4 is 4.74 Å². The van der Waals surface area contributed by atoms with Crippen LogP contribution in [0.2, 0.25) is 0 Å². The Hall–Kier alpha value is -4.88. The minimum atomic E-state index is 0.906. The van der Waals surface area contributed by atoms with E-state index < -0.39 is 0 Å². The minimum absolute atomic E-state index is 0.906. The molecule has 0 N–H and O–H groups in total. The summed E-state index contributed by atoms with van der Waals surface area (Å²) in [5, 5.41) is 7.42. The second-order valence-electron chi connectivity index (χ2n) is 9.74. The molecule has 0 bridgehead atoms. The topological polar surface area (TPSA) is 9.23 Å². The molecule has 172 valence electrons.